The zero-order valence-electron chi connectivity index (χ0n) is 19.0. The molecular formula is C26H43N. The summed E-state index contributed by atoms with van der Waals surface area (Å²) in [5.74, 6) is 0. The van der Waals surface area contributed by atoms with Crippen LogP contribution in [0.3, 0.4) is 0 Å². The van der Waals surface area contributed by atoms with Gasteiger partial charge in [0.25, 0.3) is 0 Å². The maximum Gasteiger partial charge on any atom is 0.0202 e. The zero-order valence-corrected chi connectivity index (χ0v) is 19.0. The predicted molar refractivity (Wildman–Crippen MR) is 113 cm³/mol. The van der Waals surface area contributed by atoms with Gasteiger partial charge in [-0.25, -0.2) is 0 Å². The predicted octanol–water partition coefficient (Wildman–Crippen LogP) is 6.85. The Morgan fingerprint density at radius 2 is 0.519 bits per heavy atom. The van der Waals surface area contributed by atoms with E-state index < -0.39 is 0 Å². The van der Waals surface area contributed by atoms with Crippen LogP contribution in [0, 0.1) is 32.5 Å². The second-order valence-electron chi connectivity index (χ2n) is 15.7. The van der Waals surface area contributed by atoms with Crippen molar-refractivity contribution in [3.05, 3.63) is 0 Å². The standard InChI is InChI=1S/C26H43N/c1-19-7-20(2)9-21(3,8-19)15-25(13-19,14-20)27-26-16-22(4)10-23(5,17-26)12-24(6,11-22)18-26/h27H,7-18H2,1-6H3. The van der Waals surface area contributed by atoms with Crippen LogP contribution in [0.15, 0.2) is 0 Å². The minimum absolute atomic E-state index is 0.432. The van der Waals surface area contributed by atoms with Crippen molar-refractivity contribution in [3.8, 4) is 0 Å². The molecule has 8 fully saturated rings. The highest BCUT2D eigenvalue weighted by Gasteiger charge is 2.69. The van der Waals surface area contributed by atoms with E-state index in [0.29, 0.717) is 43.6 Å². The largest absolute Gasteiger partial charge is 0.306 e. The SMILES string of the molecule is CC12CC3(C)CC(C)(C1)CC(NC14CC5(C)CC(C)(CC(C)(C5)C1)C4)(C2)C3. The summed E-state index contributed by atoms with van der Waals surface area (Å²) in [7, 11) is 0. The molecule has 1 nitrogen and oxygen atoms in total. The molecule has 0 heterocycles. The lowest BCUT2D eigenvalue weighted by atomic mass is 9.36. The number of hydrogen-bond donors (Lipinski definition) is 1. The molecule has 8 aliphatic carbocycles. The molecule has 8 saturated carbocycles. The summed E-state index contributed by atoms with van der Waals surface area (Å²) in [6.07, 6.45) is 17.6. The van der Waals surface area contributed by atoms with Gasteiger partial charge in [0.1, 0.15) is 0 Å². The Hall–Kier alpha value is -0.0400. The third-order valence-corrected chi connectivity index (χ3v) is 10.2. The summed E-state index contributed by atoms with van der Waals surface area (Å²) in [4.78, 5) is 0. The van der Waals surface area contributed by atoms with Gasteiger partial charge >= 0.3 is 0 Å². The Labute approximate surface area is 167 Å². The van der Waals surface area contributed by atoms with Crippen LogP contribution in [0.5, 0.6) is 0 Å². The van der Waals surface area contributed by atoms with Crippen LogP contribution in [0.25, 0.3) is 0 Å². The van der Waals surface area contributed by atoms with E-state index in [-0.39, 0.29) is 0 Å². The smallest absolute Gasteiger partial charge is 0.0202 e. The van der Waals surface area contributed by atoms with Crippen molar-refractivity contribution in [1.29, 1.82) is 0 Å². The van der Waals surface area contributed by atoms with Crippen LogP contribution in [0.4, 0.5) is 0 Å². The van der Waals surface area contributed by atoms with Gasteiger partial charge in [-0.1, -0.05) is 41.5 Å². The normalized spacial score (nSPS) is 68.7. The average molecular weight is 370 g/mol. The molecule has 152 valence electrons. The first-order valence-corrected chi connectivity index (χ1v) is 12.0. The van der Waals surface area contributed by atoms with Gasteiger partial charge in [0.15, 0.2) is 0 Å². The molecular weight excluding hydrogens is 326 g/mol. The first-order chi connectivity index (χ1) is 12.2. The average Bonchev–Trinajstić information content (AvgIpc) is 2.22. The van der Waals surface area contributed by atoms with E-state index in [1.165, 1.54) is 77.0 Å². The maximum absolute atomic E-state index is 4.62. The van der Waals surface area contributed by atoms with Crippen molar-refractivity contribution in [2.24, 2.45) is 32.5 Å². The van der Waals surface area contributed by atoms with E-state index in [1.54, 1.807) is 0 Å². The fraction of sp³-hybridized carbons (Fsp3) is 1.00. The summed E-state index contributed by atoms with van der Waals surface area (Å²) in [6.45, 7) is 15.8. The molecule has 0 unspecified atom stereocenters. The third kappa shape index (κ3) is 2.45. The summed E-state index contributed by atoms with van der Waals surface area (Å²) in [5, 5.41) is 4.62. The maximum atomic E-state index is 4.62. The van der Waals surface area contributed by atoms with Crippen molar-refractivity contribution in [1.82, 2.24) is 5.32 Å². The van der Waals surface area contributed by atoms with Gasteiger partial charge in [-0.15, -0.1) is 0 Å². The topological polar surface area (TPSA) is 12.0 Å². The van der Waals surface area contributed by atoms with Crippen molar-refractivity contribution in [2.45, 2.75) is 130 Å². The molecule has 0 radical (unpaired) electrons. The summed E-state index contributed by atoms with van der Waals surface area (Å²) >= 11 is 0. The second-order valence-corrected chi connectivity index (χ2v) is 15.7. The molecule has 0 amide bonds. The molecule has 0 aromatic heterocycles. The molecule has 8 aliphatic rings. The van der Waals surface area contributed by atoms with Gasteiger partial charge in [-0.2, -0.15) is 0 Å². The Morgan fingerprint density at radius 3 is 0.704 bits per heavy atom. The molecule has 0 spiro atoms. The van der Waals surface area contributed by atoms with E-state index in [1.807, 2.05) is 0 Å². The minimum Gasteiger partial charge on any atom is -0.306 e. The third-order valence-electron chi connectivity index (χ3n) is 10.2. The first-order valence-electron chi connectivity index (χ1n) is 12.0. The van der Waals surface area contributed by atoms with Gasteiger partial charge in [0.2, 0.25) is 0 Å². The first kappa shape index (κ1) is 17.8. The molecule has 0 atom stereocenters. The Balaban J connectivity index is 1.40. The van der Waals surface area contributed by atoms with Crippen LogP contribution >= 0.6 is 0 Å². The lowest BCUT2D eigenvalue weighted by molar-refractivity contribution is -0.200. The van der Waals surface area contributed by atoms with E-state index in [2.05, 4.69) is 46.9 Å². The fourth-order valence-electron chi connectivity index (χ4n) is 13.4. The van der Waals surface area contributed by atoms with Crippen molar-refractivity contribution in [3.63, 3.8) is 0 Å². The fourth-order valence-corrected chi connectivity index (χ4v) is 13.4. The highest BCUT2D eigenvalue weighted by molar-refractivity contribution is 5.23. The van der Waals surface area contributed by atoms with Crippen molar-refractivity contribution >= 4 is 0 Å². The highest BCUT2D eigenvalue weighted by atomic mass is 15.1. The van der Waals surface area contributed by atoms with Crippen LogP contribution in [-0.4, -0.2) is 11.1 Å². The van der Waals surface area contributed by atoms with Crippen LogP contribution in [0.2, 0.25) is 0 Å². The number of nitrogens with one attached hydrogen (secondary N) is 1. The van der Waals surface area contributed by atoms with Crippen LogP contribution < -0.4 is 5.32 Å². The zero-order chi connectivity index (χ0) is 19.2. The number of rotatable bonds is 2. The molecule has 8 bridgehead atoms. The molecule has 1 heteroatoms. The van der Waals surface area contributed by atoms with E-state index in [0.717, 1.165) is 0 Å². The molecule has 0 aromatic rings. The Bertz CT molecular complexity index is 551. The summed E-state index contributed by atoms with van der Waals surface area (Å²) in [5.41, 5.74) is 4.40. The Morgan fingerprint density at radius 1 is 0.333 bits per heavy atom. The molecule has 0 saturated heterocycles. The number of hydrogen-bond acceptors (Lipinski definition) is 1. The highest BCUT2D eigenvalue weighted by Crippen LogP contribution is 2.74. The lowest BCUT2D eigenvalue weighted by Crippen LogP contribution is -2.75. The quantitative estimate of drug-likeness (QED) is 0.561. The van der Waals surface area contributed by atoms with Crippen molar-refractivity contribution < 1.29 is 0 Å². The lowest BCUT2D eigenvalue weighted by Gasteiger charge is -2.74. The molecule has 1 N–H and O–H groups in total. The molecule has 8 rings (SSSR count). The van der Waals surface area contributed by atoms with Gasteiger partial charge in [0.05, 0.1) is 0 Å². The second kappa shape index (κ2) is 4.35. The summed E-state index contributed by atoms with van der Waals surface area (Å²) < 4.78 is 0. The van der Waals surface area contributed by atoms with Gasteiger partial charge in [-0.3, -0.25) is 0 Å². The van der Waals surface area contributed by atoms with Gasteiger partial charge < -0.3 is 5.32 Å². The van der Waals surface area contributed by atoms with Gasteiger partial charge in [0, 0.05) is 11.1 Å². The van der Waals surface area contributed by atoms with Crippen molar-refractivity contribution in [2.75, 3.05) is 0 Å². The minimum atomic E-state index is 0.432. The van der Waals surface area contributed by atoms with E-state index >= 15 is 0 Å². The molecule has 0 aromatic carbocycles. The molecule has 0 aliphatic heterocycles. The van der Waals surface area contributed by atoms with E-state index in [9.17, 15) is 0 Å². The van der Waals surface area contributed by atoms with Crippen LogP contribution in [0.1, 0.15) is 119 Å². The Kier molecular flexibility index (Phi) is 2.87. The monoisotopic (exact) mass is 369 g/mol. The van der Waals surface area contributed by atoms with Crippen LogP contribution in [-0.2, 0) is 0 Å². The van der Waals surface area contributed by atoms with E-state index in [4.69, 9.17) is 0 Å². The molecule has 27 heavy (non-hydrogen) atoms. The summed E-state index contributed by atoms with van der Waals surface area (Å²) in [6, 6.07) is 0. The van der Waals surface area contributed by atoms with Gasteiger partial charge in [-0.05, 0) is 110 Å².